The zero-order valence-electron chi connectivity index (χ0n) is 13.2. The molecule has 21 heavy (non-hydrogen) atoms. The maximum atomic E-state index is 4.77. The summed E-state index contributed by atoms with van der Waals surface area (Å²) < 4.78 is 4.12. The first-order valence-corrected chi connectivity index (χ1v) is 7.98. The summed E-state index contributed by atoms with van der Waals surface area (Å²) in [4.78, 5) is 0. The largest absolute Gasteiger partial charge is 0.305 e. The minimum absolute atomic E-state index is 0.411. The van der Waals surface area contributed by atoms with Gasteiger partial charge in [-0.05, 0) is 45.7 Å². The molecule has 1 saturated carbocycles. The number of aromatic nitrogens is 4. The molecule has 0 saturated heterocycles. The van der Waals surface area contributed by atoms with Crippen LogP contribution in [0.3, 0.4) is 0 Å². The molecule has 5 nitrogen and oxygen atoms in total. The summed E-state index contributed by atoms with van der Waals surface area (Å²) in [6, 6.07) is 4.76. The van der Waals surface area contributed by atoms with Crippen molar-refractivity contribution in [1.29, 1.82) is 0 Å². The molecular weight excluding hydrogens is 262 g/mol. The minimum Gasteiger partial charge on any atom is -0.305 e. The van der Waals surface area contributed by atoms with Crippen LogP contribution in [0.2, 0.25) is 0 Å². The molecule has 114 valence electrons. The Balaban J connectivity index is 1.61. The summed E-state index contributed by atoms with van der Waals surface area (Å²) in [6.07, 6.45) is 4.63. The van der Waals surface area contributed by atoms with Gasteiger partial charge in [-0.2, -0.15) is 10.2 Å². The van der Waals surface area contributed by atoms with Gasteiger partial charge in [-0.25, -0.2) is 0 Å². The van der Waals surface area contributed by atoms with Gasteiger partial charge < -0.3 is 5.32 Å². The average molecular weight is 287 g/mol. The van der Waals surface area contributed by atoms with Crippen LogP contribution in [0.15, 0.2) is 18.3 Å². The summed E-state index contributed by atoms with van der Waals surface area (Å²) in [7, 11) is 0. The highest BCUT2D eigenvalue weighted by Crippen LogP contribution is 2.39. The van der Waals surface area contributed by atoms with Crippen LogP contribution < -0.4 is 5.32 Å². The van der Waals surface area contributed by atoms with Gasteiger partial charge in [-0.1, -0.05) is 0 Å². The van der Waals surface area contributed by atoms with Crippen LogP contribution >= 0.6 is 0 Å². The van der Waals surface area contributed by atoms with Crippen molar-refractivity contribution in [3.63, 3.8) is 0 Å². The standard InChI is InChI=1S/C16H25N5/c1-4-20-8-7-14(18-20)10-17-11-15-9-16(13-5-6-13)19-21(15)12(2)3/h7-9,12-13,17H,4-6,10-11H2,1-3H3. The molecule has 0 radical (unpaired) electrons. The second-order valence-electron chi connectivity index (χ2n) is 6.14. The highest BCUT2D eigenvalue weighted by molar-refractivity contribution is 5.19. The molecule has 2 heterocycles. The van der Waals surface area contributed by atoms with Crippen LogP contribution in [0.1, 0.15) is 62.7 Å². The van der Waals surface area contributed by atoms with Crippen LogP contribution in [-0.4, -0.2) is 19.6 Å². The van der Waals surface area contributed by atoms with E-state index in [2.05, 4.69) is 48.0 Å². The summed E-state index contributed by atoms with van der Waals surface area (Å²) in [5.41, 5.74) is 3.65. The van der Waals surface area contributed by atoms with E-state index in [4.69, 9.17) is 5.10 Å². The Morgan fingerprint density at radius 3 is 2.71 bits per heavy atom. The quantitative estimate of drug-likeness (QED) is 0.852. The van der Waals surface area contributed by atoms with Crippen LogP contribution in [0.4, 0.5) is 0 Å². The van der Waals surface area contributed by atoms with E-state index in [1.807, 2.05) is 10.9 Å². The van der Waals surface area contributed by atoms with Gasteiger partial charge in [0.05, 0.1) is 17.1 Å². The Kier molecular flexibility index (Phi) is 4.10. The normalized spacial score (nSPS) is 15.0. The van der Waals surface area contributed by atoms with Crippen molar-refractivity contribution in [3.8, 4) is 0 Å². The number of hydrogen-bond donors (Lipinski definition) is 1. The van der Waals surface area contributed by atoms with Crippen molar-refractivity contribution in [2.45, 2.75) is 65.2 Å². The number of hydrogen-bond acceptors (Lipinski definition) is 3. The molecule has 1 fully saturated rings. The fourth-order valence-corrected chi connectivity index (χ4v) is 2.60. The second-order valence-corrected chi connectivity index (χ2v) is 6.14. The molecule has 1 aliphatic carbocycles. The molecule has 0 unspecified atom stereocenters. The van der Waals surface area contributed by atoms with Crippen molar-refractivity contribution < 1.29 is 0 Å². The molecule has 1 aliphatic rings. The van der Waals surface area contributed by atoms with Gasteiger partial charge in [0.15, 0.2) is 0 Å². The lowest BCUT2D eigenvalue weighted by atomic mass is 10.2. The van der Waals surface area contributed by atoms with Crippen molar-refractivity contribution >= 4 is 0 Å². The molecule has 0 aromatic carbocycles. The first kappa shape index (κ1) is 14.3. The highest BCUT2D eigenvalue weighted by Gasteiger charge is 2.27. The molecule has 0 spiro atoms. The Labute approximate surface area is 126 Å². The van der Waals surface area contributed by atoms with Gasteiger partial charge in [-0.15, -0.1) is 0 Å². The molecule has 2 aromatic heterocycles. The molecule has 0 atom stereocenters. The fraction of sp³-hybridized carbons (Fsp3) is 0.625. The maximum absolute atomic E-state index is 4.77. The average Bonchev–Trinajstić information content (AvgIpc) is 3.06. The molecular formula is C16H25N5. The lowest BCUT2D eigenvalue weighted by molar-refractivity contribution is 0.490. The molecule has 0 bridgehead atoms. The molecule has 0 aliphatic heterocycles. The third-order valence-electron chi connectivity index (χ3n) is 3.95. The molecule has 2 aromatic rings. The predicted octanol–water partition coefficient (Wildman–Crippen LogP) is 2.85. The zero-order valence-corrected chi connectivity index (χ0v) is 13.2. The van der Waals surface area contributed by atoms with Gasteiger partial charge in [0.2, 0.25) is 0 Å². The lowest BCUT2D eigenvalue weighted by Gasteiger charge is -2.11. The topological polar surface area (TPSA) is 47.7 Å². The smallest absolute Gasteiger partial charge is 0.0762 e. The summed E-state index contributed by atoms with van der Waals surface area (Å²) in [5.74, 6) is 0.712. The van der Waals surface area contributed by atoms with E-state index in [0.29, 0.717) is 12.0 Å². The van der Waals surface area contributed by atoms with E-state index in [0.717, 1.165) is 25.3 Å². The van der Waals surface area contributed by atoms with Gasteiger partial charge in [-0.3, -0.25) is 9.36 Å². The van der Waals surface area contributed by atoms with Crippen molar-refractivity contribution in [2.24, 2.45) is 0 Å². The van der Waals surface area contributed by atoms with Gasteiger partial charge >= 0.3 is 0 Å². The van der Waals surface area contributed by atoms with Gasteiger partial charge in [0.1, 0.15) is 0 Å². The monoisotopic (exact) mass is 287 g/mol. The van der Waals surface area contributed by atoms with Crippen LogP contribution in [0, 0.1) is 0 Å². The van der Waals surface area contributed by atoms with E-state index in [-0.39, 0.29) is 0 Å². The van der Waals surface area contributed by atoms with Crippen LogP contribution in [-0.2, 0) is 19.6 Å². The van der Waals surface area contributed by atoms with Gasteiger partial charge in [0, 0.05) is 37.8 Å². The van der Waals surface area contributed by atoms with E-state index in [9.17, 15) is 0 Å². The number of nitrogens with zero attached hydrogens (tertiary/aromatic N) is 4. The number of aryl methyl sites for hydroxylation is 1. The van der Waals surface area contributed by atoms with E-state index in [1.165, 1.54) is 24.2 Å². The third-order valence-corrected chi connectivity index (χ3v) is 3.95. The van der Waals surface area contributed by atoms with E-state index < -0.39 is 0 Å². The fourth-order valence-electron chi connectivity index (χ4n) is 2.60. The van der Waals surface area contributed by atoms with Crippen molar-refractivity contribution in [1.82, 2.24) is 24.9 Å². The van der Waals surface area contributed by atoms with E-state index >= 15 is 0 Å². The molecule has 3 rings (SSSR count). The highest BCUT2D eigenvalue weighted by atomic mass is 15.3. The third kappa shape index (κ3) is 3.35. The minimum atomic E-state index is 0.411. The maximum Gasteiger partial charge on any atom is 0.0762 e. The Hall–Kier alpha value is -1.62. The predicted molar refractivity (Wildman–Crippen MR) is 83.0 cm³/mol. The van der Waals surface area contributed by atoms with Crippen molar-refractivity contribution in [3.05, 3.63) is 35.4 Å². The zero-order chi connectivity index (χ0) is 14.8. The van der Waals surface area contributed by atoms with Crippen molar-refractivity contribution in [2.75, 3.05) is 0 Å². The Morgan fingerprint density at radius 1 is 1.29 bits per heavy atom. The lowest BCUT2D eigenvalue weighted by Crippen LogP contribution is -2.17. The van der Waals surface area contributed by atoms with E-state index in [1.54, 1.807) is 0 Å². The summed E-state index contributed by atoms with van der Waals surface area (Å²) in [6.45, 7) is 9.05. The number of rotatable bonds is 7. The summed E-state index contributed by atoms with van der Waals surface area (Å²) in [5, 5.41) is 12.8. The summed E-state index contributed by atoms with van der Waals surface area (Å²) >= 11 is 0. The molecule has 1 N–H and O–H groups in total. The first-order valence-electron chi connectivity index (χ1n) is 7.98. The Morgan fingerprint density at radius 2 is 2.10 bits per heavy atom. The molecule has 5 heteroatoms. The van der Waals surface area contributed by atoms with Crippen LogP contribution in [0.25, 0.3) is 0 Å². The van der Waals surface area contributed by atoms with Gasteiger partial charge in [0.25, 0.3) is 0 Å². The Bertz CT molecular complexity index is 592. The SMILES string of the molecule is CCn1ccc(CNCc2cc(C3CC3)nn2C(C)C)n1. The first-order chi connectivity index (χ1) is 10.2. The second kappa shape index (κ2) is 6.02. The number of nitrogens with one attached hydrogen (secondary N) is 1. The molecule has 0 amide bonds. The van der Waals surface area contributed by atoms with Crippen LogP contribution in [0.5, 0.6) is 0 Å².